The zero-order valence-electron chi connectivity index (χ0n) is 13.2. The minimum absolute atomic E-state index is 0.0170. The Hall–Kier alpha value is -0.810. The van der Waals surface area contributed by atoms with Crippen LogP contribution in [0.15, 0.2) is 0 Å². The standard InChI is InChI=1S/C15H30N2O3/c1-14(2,3)20-13(19)17-12-7-5-11(6-8-12)9-15(4,16)10-18/h11-12,18H,5-10,16H2,1-4H3,(H,17,19). The van der Waals surface area contributed by atoms with Gasteiger partial charge in [-0.05, 0) is 65.7 Å². The van der Waals surface area contributed by atoms with Gasteiger partial charge in [-0.15, -0.1) is 0 Å². The van der Waals surface area contributed by atoms with Gasteiger partial charge in [0, 0.05) is 11.6 Å². The lowest BCUT2D eigenvalue weighted by molar-refractivity contribution is 0.0483. The fourth-order valence-electron chi connectivity index (χ4n) is 2.71. The number of carbonyl (C=O) groups is 1. The van der Waals surface area contributed by atoms with Crippen LogP contribution in [0, 0.1) is 5.92 Å². The molecule has 1 aliphatic rings. The van der Waals surface area contributed by atoms with Crippen molar-refractivity contribution in [3.63, 3.8) is 0 Å². The quantitative estimate of drug-likeness (QED) is 0.739. The van der Waals surface area contributed by atoms with Gasteiger partial charge in [-0.2, -0.15) is 0 Å². The highest BCUT2D eigenvalue weighted by atomic mass is 16.6. The van der Waals surface area contributed by atoms with Crippen molar-refractivity contribution in [2.75, 3.05) is 6.61 Å². The molecule has 1 atom stereocenters. The van der Waals surface area contributed by atoms with Gasteiger partial charge in [0.2, 0.25) is 0 Å². The zero-order valence-corrected chi connectivity index (χ0v) is 13.2. The van der Waals surface area contributed by atoms with Crippen molar-refractivity contribution in [1.82, 2.24) is 5.32 Å². The first-order chi connectivity index (χ1) is 9.11. The van der Waals surface area contributed by atoms with Gasteiger partial charge in [0.1, 0.15) is 5.60 Å². The number of carbonyl (C=O) groups excluding carboxylic acids is 1. The molecular weight excluding hydrogens is 256 g/mol. The molecule has 5 heteroatoms. The molecule has 0 heterocycles. The van der Waals surface area contributed by atoms with E-state index in [-0.39, 0.29) is 18.7 Å². The molecule has 0 aromatic rings. The Kier molecular flexibility index (Phi) is 5.83. The van der Waals surface area contributed by atoms with Crippen molar-refractivity contribution in [3.05, 3.63) is 0 Å². The van der Waals surface area contributed by atoms with Gasteiger partial charge in [-0.3, -0.25) is 0 Å². The minimum atomic E-state index is -0.490. The maximum Gasteiger partial charge on any atom is 0.407 e. The number of amides is 1. The lowest BCUT2D eigenvalue weighted by Crippen LogP contribution is -2.44. The highest BCUT2D eigenvalue weighted by Gasteiger charge is 2.28. The number of ether oxygens (including phenoxy) is 1. The summed E-state index contributed by atoms with van der Waals surface area (Å²) in [6, 6.07) is 0.194. The summed E-state index contributed by atoms with van der Waals surface area (Å²) in [7, 11) is 0. The topological polar surface area (TPSA) is 84.6 Å². The van der Waals surface area contributed by atoms with Gasteiger partial charge >= 0.3 is 6.09 Å². The Morgan fingerprint density at radius 1 is 1.25 bits per heavy atom. The molecule has 1 rings (SSSR count). The molecule has 4 N–H and O–H groups in total. The van der Waals surface area contributed by atoms with E-state index in [1.54, 1.807) is 0 Å². The van der Waals surface area contributed by atoms with E-state index in [0.29, 0.717) is 5.92 Å². The molecule has 0 aliphatic heterocycles. The first-order valence-electron chi connectivity index (χ1n) is 7.50. The fourth-order valence-corrected chi connectivity index (χ4v) is 2.71. The monoisotopic (exact) mass is 286 g/mol. The van der Waals surface area contributed by atoms with Crippen LogP contribution in [0.4, 0.5) is 4.79 Å². The third-order valence-corrected chi connectivity index (χ3v) is 3.68. The number of hydrogen-bond donors (Lipinski definition) is 3. The highest BCUT2D eigenvalue weighted by molar-refractivity contribution is 5.68. The van der Waals surface area contributed by atoms with E-state index < -0.39 is 11.1 Å². The molecule has 1 fully saturated rings. The van der Waals surface area contributed by atoms with Crippen molar-refractivity contribution in [2.45, 2.75) is 77.0 Å². The third kappa shape index (κ3) is 6.57. The fraction of sp³-hybridized carbons (Fsp3) is 0.933. The minimum Gasteiger partial charge on any atom is -0.444 e. The Morgan fingerprint density at radius 3 is 2.25 bits per heavy atom. The van der Waals surface area contributed by atoms with Crippen LogP contribution in [0.3, 0.4) is 0 Å². The molecule has 0 aromatic carbocycles. The molecule has 5 nitrogen and oxygen atoms in total. The second-order valence-electron chi connectivity index (χ2n) is 7.38. The summed E-state index contributed by atoms with van der Waals surface area (Å²) in [4.78, 5) is 11.7. The van der Waals surface area contributed by atoms with E-state index in [1.807, 2.05) is 27.7 Å². The molecule has 20 heavy (non-hydrogen) atoms. The molecule has 0 spiro atoms. The zero-order chi connectivity index (χ0) is 15.4. The molecule has 118 valence electrons. The van der Waals surface area contributed by atoms with Gasteiger partial charge in [0.25, 0.3) is 0 Å². The van der Waals surface area contributed by atoms with Crippen LogP contribution in [0.25, 0.3) is 0 Å². The lowest BCUT2D eigenvalue weighted by Gasteiger charge is -2.34. The van der Waals surface area contributed by atoms with Gasteiger partial charge < -0.3 is 20.9 Å². The third-order valence-electron chi connectivity index (χ3n) is 3.68. The highest BCUT2D eigenvalue weighted by Crippen LogP contribution is 2.30. The second kappa shape index (κ2) is 6.76. The Balaban J connectivity index is 2.30. The van der Waals surface area contributed by atoms with Crippen LogP contribution >= 0.6 is 0 Å². The van der Waals surface area contributed by atoms with Crippen LogP contribution in [-0.2, 0) is 4.74 Å². The molecular formula is C15H30N2O3. The predicted octanol–water partition coefficient (Wildman–Crippen LogP) is 2.17. The number of aliphatic hydroxyl groups is 1. The maximum absolute atomic E-state index is 11.7. The van der Waals surface area contributed by atoms with E-state index in [2.05, 4.69) is 5.32 Å². The summed E-state index contributed by atoms with van der Waals surface area (Å²) in [5, 5.41) is 12.1. The smallest absolute Gasteiger partial charge is 0.407 e. The lowest BCUT2D eigenvalue weighted by atomic mass is 9.79. The van der Waals surface area contributed by atoms with E-state index in [0.717, 1.165) is 32.1 Å². The number of nitrogens with one attached hydrogen (secondary N) is 1. The van der Waals surface area contributed by atoms with Crippen LogP contribution < -0.4 is 11.1 Å². The van der Waals surface area contributed by atoms with Gasteiger partial charge in [-0.1, -0.05) is 0 Å². The molecule has 0 radical (unpaired) electrons. The van der Waals surface area contributed by atoms with Crippen molar-refractivity contribution in [3.8, 4) is 0 Å². The maximum atomic E-state index is 11.7. The van der Waals surface area contributed by atoms with Gasteiger partial charge in [-0.25, -0.2) is 4.79 Å². The molecule has 1 saturated carbocycles. The first-order valence-corrected chi connectivity index (χ1v) is 7.50. The number of rotatable bonds is 4. The van der Waals surface area contributed by atoms with Gasteiger partial charge in [0.05, 0.1) is 6.61 Å². The largest absolute Gasteiger partial charge is 0.444 e. The molecule has 1 amide bonds. The normalized spacial score (nSPS) is 26.7. The molecule has 0 bridgehead atoms. The van der Waals surface area contributed by atoms with Crippen molar-refractivity contribution in [2.24, 2.45) is 11.7 Å². The molecule has 1 unspecified atom stereocenters. The van der Waals surface area contributed by atoms with Crippen LogP contribution in [0.5, 0.6) is 0 Å². The number of nitrogens with two attached hydrogens (primary N) is 1. The van der Waals surface area contributed by atoms with Crippen molar-refractivity contribution >= 4 is 6.09 Å². The summed E-state index contributed by atoms with van der Waals surface area (Å²) in [5.74, 6) is 0.536. The average Bonchev–Trinajstić information content (AvgIpc) is 2.29. The SMILES string of the molecule is CC(N)(CO)CC1CCC(NC(=O)OC(C)(C)C)CC1. The average molecular weight is 286 g/mol. The van der Waals surface area contributed by atoms with Crippen molar-refractivity contribution < 1.29 is 14.6 Å². The van der Waals surface area contributed by atoms with E-state index >= 15 is 0 Å². The number of aliphatic hydroxyl groups excluding tert-OH is 1. The van der Waals surface area contributed by atoms with Crippen LogP contribution in [0.2, 0.25) is 0 Å². The predicted molar refractivity (Wildman–Crippen MR) is 79.4 cm³/mol. The van der Waals surface area contributed by atoms with Gasteiger partial charge in [0.15, 0.2) is 0 Å². The van der Waals surface area contributed by atoms with Crippen molar-refractivity contribution in [1.29, 1.82) is 0 Å². The molecule has 1 aliphatic carbocycles. The summed E-state index contributed by atoms with van der Waals surface area (Å²) in [6.07, 6.45) is 4.47. The van der Waals surface area contributed by atoms with E-state index in [4.69, 9.17) is 10.5 Å². The van der Waals surface area contributed by atoms with Crippen LogP contribution in [0.1, 0.15) is 59.8 Å². The Bertz CT molecular complexity index is 316. The first kappa shape index (κ1) is 17.2. The summed E-state index contributed by atoms with van der Waals surface area (Å²) in [6.45, 7) is 7.49. The van der Waals surface area contributed by atoms with Crippen LogP contribution in [-0.4, -0.2) is 35.0 Å². The summed E-state index contributed by atoms with van der Waals surface area (Å²) >= 11 is 0. The Labute approximate surface area is 122 Å². The van der Waals surface area contributed by atoms with E-state index in [1.165, 1.54) is 0 Å². The summed E-state index contributed by atoms with van der Waals surface area (Å²) < 4.78 is 5.26. The number of alkyl carbamates (subject to hydrolysis) is 1. The number of hydrogen-bond acceptors (Lipinski definition) is 4. The van der Waals surface area contributed by atoms with E-state index in [9.17, 15) is 9.90 Å². The summed E-state index contributed by atoms with van der Waals surface area (Å²) in [5.41, 5.74) is 5.05. The second-order valence-corrected chi connectivity index (χ2v) is 7.38. The molecule has 0 saturated heterocycles. The Morgan fingerprint density at radius 2 is 1.80 bits per heavy atom. The molecule has 0 aromatic heterocycles.